The van der Waals surface area contributed by atoms with Crippen LogP contribution < -0.4 is 5.32 Å². The minimum Gasteiger partial charge on any atom is -0.382 e. The van der Waals surface area contributed by atoms with Crippen LogP contribution in [0.2, 0.25) is 5.02 Å². The van der Waals surface area contributed by atoms with Crippen molar-refractivity contribution >= 4 is 17.3 Å². The Bertz CT molecular complexity index is 441. The Morgan fingerprint density at radius 3 is 2.58 bits per heavy atom. The molecule has 5 heteroatoms. The fourth-order valence-corrected chi connectivity index (χ4v) is 2.60. The number of rotatable bonds is 4. The zero-order valence-electron chi connectivity index (χ0n) is 10.7. The topological polar surface area (TPSA) is 12.0 Å². The van der Waals surface area contributed by atoms with E-state index in [2.05, 4.69) is 5.32 Å². The van der Waals surface area contributed by atoms with Gasteiger partial charge in [0.05, 0.1) is 5.56 Å². The molecule has 2 rings (SSSR count). The van der Waals surface area contributed by atoms with Gasteiger partial charge in [0.15, 0.2) is 0 Å². The summed E-state index contributed by atoms with van der Waals surface area (Å²) in [6.07, 6.45) is 0.160. The first-order valence-electron chi connectivity index (χ1n) is 6.49. The molecule has 1 fully saturated rings. The van der Waals surface area contributed by atoms with Gasteiger partial charge in [-0.3, -0.25) is 0 Å². The lowest BCUT2D eigenvalue weighted by Gasteiger charge is -2.29. The zero-order valence-corrected chi connectivity index (χ0v) is 11.5. The molecule has 1 aliphatic rings. The average molecular weight is 292 g/mol. The summed E-state index contributed by atoms with van der Waals surface area (Å²) in [5, 5.41) is 3.07. The number of nitrogens with one attached hydrogen (secondary N) is 1. The van der Waals surface area contributed by atoms with Crippen LogP contribution in [0.1, 0.15) is 38.2 Å². The molecular formula is C14H17ClF3N. The first kappa shape index (κ1) is 14.5. The standard InChI is InChI=1S/C14H17ClF3N/c1-9(7-10-3-2-4-10)19-13-6-5-11(15)8-12(13)14(16,17)18/h5-6,8-10,19H,2-4,7H2,1H3. The van der Waals surface area contributed by atoms with Gasteiger partial charge in [-0.1, -0.05) is 30.9 Å². The number of alkyl halides is 3. The molecule has 1 N–H and O–H groups in total. The molecule has 0 spiro atoms. The highest BCUT2D eigenvalue weighted by molar-refractivity contribution is 6.30. The maximum atomic E-state index is 12.9. The van der Waals surface area contributed by atoms with E-state index in [1.165, 1.54) is 31.4 Å². The molecule has 106 valence electrons. The Labute approximate surface area is 116 Å². The van der Waals surface area contributed by atoms with Crippen molar-refractivity contribution in [1.82, 2.24) is 0 Å². The smallest absolute Gasteiger partial charge is 0.382 e. The Hall–Kier alpha value is -0.900. The van der Waals surface area contributed by atoms with E-state index in [-0.39, 0.29) is 16.8 Å². The normalized spacial score (nSPS) is 17.9. The quantitative estimate of drug-likeness (QED) is 0.788. The molecule has 0 heterocycles. The molecule has 1 unspecified atom stereocenters. The van der Waals surface area contributed by atoms with Gasteiger partial charge in [0.25, 0.3) is 0 Å². The number of anilines is 1. The molecule has 1 aromatic carbocycles. The molecule has 0 radical (unpaired) electrons. The molecule has 1 aromatic rings. The maximum absolute atomic E-state index is 12.9. The molecule has 0 amide bonds. The predicted octanol–water partition coefficient (Wildman–Crippen LogP) is 5.35. The third-order valence-corrected chi connectivity index (χ3v) is 3.84. The lowest BCUT2D eigenvalue weighted by atomic mass is 9.81. The maximum Gasteiger partial charge on any atom is 0.418 e. The van der Waals surface area contributed by atoms with Crippen LogP contribution in [0.25, 0.3) is 0 Å². The fourth-order valence-electron chi connectivity index (χ4n) is 2.43. The molecule has 1 aliphatic carbocycles. The van der Waals surface area contributed by atoms with Gasteiger partial charge in [-0.2, -0.15) is 13.2 Å². The van der Waals surface area contributed by atoms with Gasteiger partial charge in [-0.25, -0.2) is 0 Å². The highest BCUT2D eigenvalue weighted by Gasteiger charge is 2.34. The minimum atomic E-state index is -4.39. The molecule has 0 aliphatic heterocycles. The van der Waals surface area contributed by atoms with Gasteiger partial charge in [0.2, 0.25) is 0 Å². The summed E-state index contributed by atoms with van der Waals surface area (Å²) in [6.45, 7) is 1.92. The summed E-state index contributed by atoms with van der Waals surface area (Å²) in [4.78, 5) is 0. The fraction of sp³-hybridized carbons (Fsp3) is 0.571. The highest BCUT2D eigenvalue weighted by atomic mass is 35.5. The SMILES string of the molecule is CC(CC1CCC1)Nc1ccc(Cl)cc1C(F)(F)F. The largest absolute Gasteiger partial charge is 0.418 e. The van der Waals surface area contributed by atoms with Crippen LogP contribution >= 0.6 is 11.6 Å². The van der Waals surface area contributed by atoms with Crippen LogP contribution in [0.5, 0.6) is 0 Å². The highest BCUT2D eigenvalue weighted by Crippen LogP contribution is 2.37. The van der Waals surface area contributed by atoms with E-state index in [4.69, 9.17) is 11.6 Å². The van der Waals surface area contributed by atoms with Crippen molar-refractivity contribution in [1.29, 1.82) is 0 Å². The van der Waals surface area contributed by atoms with E-state index in [9.17, 15) is 13.2 Å². The summed E-state index contributed by atoms with van der Waals surface area (Å²) in [5.41, 5.74) is -0.579. The molecule has 1 saturated carbocycles. The van der Waals surface area contributed by atoms with Gasteiger partial charge in [-0.15, -0.1) is 0 Å². The van der Waals surface area contributed by atoms with Gasteiger partial charge in [0.1, 0.15) is 0 Å². The van der Waals surface area contributed by atoms with Crippen molar-refractivity contribution in [3.05, 3.63) is 28.8 Å². The van der Waals surface area contributed by atoms with Crippen molar-refractivity contribution in [2.75, 3.05) is 5.32 Å². The minimum absolute atomic E-state index is 0.0348. The number of hydrogen-bond acceptors (Lipinski definition) is 1. The van der Waals surface area contributed by atoms with Crippen LogP contribution in [-0.4, -0.2) is 6.04 Å². The summed E-state index contributed by atoms with van der Waals surface area (Å²) < 4.78 is 38.8. The second-order valence-electron chi connectivity index (χ2n) is 5.27. The lowest BCUT2D eigenvalue weighted by Crippen LogP contribution is -2.24. The molecule has 0 saturated heterocycles. The van der Waals surface area contributed by atoms with Crippen LogP contribution in [0.15, 0.2) is 18.2 Å². The van der Waals surface area contributed by atoms with Gasteiger partial charge < -0.3 is 5.32 Å². The Kier molecular flexibility index (Phi) is 4.29. The van der Waals surface area contributed by atoms with Crippen molar-refractivity contribution in [2.24, 2.45) is 5.92 Å². The Morgan fingerprint density at radius 2 is 2.05 bits per heavy atom. The van der Waals surface area contributed by atoms with Gasteiger partial charge >= 0.3 is 6.18 Å². The van der Waals surface area contributed by atoms with E-state index in [0.29, 0.717) is 5.92 Å². The van der Waals surface area contributed by atoms with Crippen molar-refractivity contribution in [3.63, 3.8) is 0 Å². The van der Waals surface area contributed by atoms with E-state index < -0.39 is 11.7 Å². The lowest BCUT2D eigenvalue weighted by molar-refractivity contribution is -0.137. The third-order valence-electron chi connectivity index (χ3n) is 3.60. The van der Waals surface area contributed by atoms with E-state index in [1.807, 2.05) is 6.92 Å². The van der Waals surface area contributed by atoms with Crippen LogP contribution in [-0.2, 0) is 6.18 Å². The second-order valence-corrected chi connectivity index (χ2v) is 5.70. The summed E-state index contributed by atoms with van der Waals surface area (Å²) in [6, 6.07) is 3.89. The monoisotopic (exact) mass is 291 g/mol. The van der Waals surface area contributed by atoms with Crippen molar-refractivity contribution in [3.8, 4) is 0 Å². The number of benzene rings is 1. The summed E-state index contributed by atoms with van der Waals surface area (Å²) in [5.74, 6) is 0.657. The molecular weight excluding hydrogens is 275 g/mol. The molecule has 0 aromatic heterocycles. The van der Waals surface area contributed by atoms with E-state index in [1.54, 1.807) is 0 Å². The van der Waals surface area contributed by atoms with Crippen LogP contribution in [0.3, 0.4) is 0 Å². The second kappa shape index (κ2) is 5.61. The molecule has 0 bridgehead atoms. The molecule has 1 atom stereocenters. The Morgan fingerprint density at radius 1 is 1.37 bits per heavy atom. The van der Waals surface area contributed by atoms with E-state index >= 15 is 0 Å². The van der Waals surface area contributed by atoms with Crippen molar-refractivity contribution < 1.29 is 13.2 Å². The third kappa shape index (κ3) is 3.78. The van der Waals surface area contributed by atoms with Gasteiger partial charge in [0, 0.05) is 16.8 Å². The van der Waals surface area contributed by atoms with Crippen LogP contribution in [0, 0.1) is 5.92 Å². The predicted molar refractivity (Wildman–Crippen MR) is 71.5 cm³/mol. The van der Waals surface area contributed by atoms with Crippen LogP contribution in [0.4, 0.5) is 18.9 Å². The summed E-state index contributed by atoms with van der Waals surface area (Å²) in [7, 11) is 0. The molecule has 1 nitrogen and oxygen atoms in total. The Balaban J connectivity index is 2.10. The van der Waals surface area contributed by atoms with Crippen molar-refractivity contribution in [2.45, 2.75) is 44.8 Å². The first-order chi connectivity index (χ1) is 8.86. The van der Waals surface area contributed by atoms with Gasteiger partial charge in [-0.05, 0) is 37.5 Å². The number of halogens is 4. The number of hydrogen-bond donors (Lipinski definition) is 1. The van der Waals surface area contributed by atoms with E-state index in [0.717, 1.165) is 12.5 Å². The summed E-state index contributed by atoms with van der Waals surface area (Å²) >= 11 is 5.65. The average Bonchev–Trinajstić information content (AvgIpc) is 2.25. The molecule has 19 heavy (non-hydrogen) atoms. The first-order valence-corrected chi connectivity index (χ1v) is 6.87. The zero-order chi connectivity index (χ0) is 14.0.